The first kappa shape index (κ1) is 7.34. The minimum absolute atomic E-state index is 0.245. The predicted octanol–water partition coefficient (Wildman–Crippen LogP) is 0.259. The molecule has 1 aliphatic rings. The summed E-state index contributed by atoms with van der Waals surface area (Å²) in [6, 6.07) is 0. The van der Waals surface area contributed by atoms with Crippen molar-refractivity contribution in [3.63, 3.8) is 0 Å². The van der Waals surface area contributed by atoms with Crippen molar-refractivity contribution in [3.05, 3.63) is 0 Å². The standard InChI is InChI=1S/C6H11NO3/c1-4(10-5(7)8)6(2)3-9-6/h4H,3H2,1-2H3,(H2,7,8). The number of amides is 1. The molecule has 4 heteroatoms. The van der Waals surface area contributed by atoms with E-state index in [9.17, 15) is 4.79 Å². The van der Waals surface area contributed by atoms with E-state index in [4.69, 9.17) is 15.2 Å². The average molecular weight is 145 g/mol. The lowest BCUT2D eigenvalue weighted by atomic mass is 10.1. The summed E-state index contributed by atoms with van der Waals surface area (Å²) in [5.74, 6) is 0. The molecule has 0 aromatic heterocycles. The maximum Gasteiger partial charge on any atom is 0.404 e. The van der Waals surface area contributed by atoms with Gasteiger partial charge in [-0.25, -0.2) is 4.79 Å². The number of hydrogen-bond donors (Lipinski definition) is 1. The first-order valence-corrected chi connectivity index (χ1v) is 3.15. The molecular formula is C6H11NO3. The van der Waals surface area contributed by atoms with Crippen LogP contribution in [0.2, 0.25) is 0 Å². The van der Waals surface area contributed by atoms with Crippen LogP contribution in [0.5, 0.6) is 0 Å². The molecule has 1 heterocycles. The topological polar surface area (TPSA) is 64.8 Å². The third-order valence-electron chi connectivity index (χ3n) is 1.75. The Kier molecular flexibility index (Phi) is 1.56. The second kappa shape index (κ2) is 2.12. The lowest BCUT2D eigenvalue weighted by Crippen LogP contribution is -2.31. The fraction of sp³-hybridized carbons (Fsp3) is 0.833. The molecule has 1 saturated heterocycles. The van der Waals surface area contributed by atoms with Gasteiger partial charge >= 0.3 is 6.09 Å². The van der Waals surface area contributed by atoms with Gasteiger partial charge in [0.2, 0.25) is 0 Å². The summed E-state index contributed by atoms with van der Waals surface area (Å²) >= 11 is 0. The predicted molar refractivity (Wildman–Crippen MR) is 34.5 cm³/mol. The Morgan fingerprint density at radius 2 is 2.40 bits per heavy atom. The summed E-state index contributed by atoms with van der Waals surface area (Å²) in [6.07, 6.45) is -0.991. The Morgan fingerprint density at radius 3 is 2.70 bits per heavy atom. The van der Waals surface area contributed by atoms with Gasteiger partial charge in [0, 0.05) is 0 Å². The van der Waals surface area contributed by atoms with Crippen molar-refractivity contribution in [2.24, 2.45) is 5.73 Å². The quantitative estimate of drug-likeness (QED) is 0.567. The number of primary amides is 1. The number of nitrogens with two attached hydrogens (primary N) is 1. The molecule has 0 aromatic rings. The van der Waals surface area contributed by atoms with E-state index in [-0.39, 0.29) is 11.7 Å². The van der Waals surface area contributed by atoms with Crippen LogP contribution in [0.3, 0.4) is 0 Å². The summed E-state index contributed by atoms with van der Waals surface area (Å²) < 4.78 is 9.72. The van der Waals surface area contributed by atoms with Crippen LogP contribution >= 0.6 is 0 Å². The number of hydrogen-bond acceptors (Lipinski definition) is 3. The molecule has 0 bridgehead atoms. The Balaban J connectivity index is 2.34. The minimum Gasteiger partial charge on any atom is -0.444 e. The SMILES string of the molecule is CC(OC(N)=O)C1(C)CO1. The number of epoxide rings is 1. The monoisotopic (exact) mass is 145 g/mol. The molecule has 0 saturated carbocycles. The molecule has 1 aliphatic heterocycles. The van der Waals surface area contributed by atoms with Crippen molar-refractivity contribution in [2.45, 2.75) is 25.6 Å². The van der Waals surface area contributed by atoms with Gasteiger partial charge in [0.15, 0.2) is 0 Å². The van der Waals surface area contributed by atoms with Gasteiger partial charge in [-0.2, -0.15) is 0 Å². The summed E-state index contributed by atoms with van der Waals surface area (Å²) in [6.45, 7) is 4.28. The van der Waals surface area contributed by atoms with Gasteiger partial charge in [-0.15, -0.1) is 0 Å². The van der Waals surface area contributed by atoms with Crippen molar-refractivity contribution in [2.75, 3.05) is 6.61 Å². The van der Waals surface area contributed by atoms with E-state index in [1.807, 2.05) is 6.92 Å². The maximum atomic E-state index is 10.2. The maximum absolute atomic E-state index is 10.2. The van der Waals surface area contributed by atoms with Crippen molar-refractivity contribution in [1.29, 1.82) is 0 Å². The molecule has 1 amide bonds. The first-order valence-electron chi connectivity index (χ1n) is 3.15. The summed E-state index contributed by atoms with van der Waals surface area (Å²) in [7, 11) is 0. The highest BCUT2D eigenvalue weighted by Crippen LogP contribution is 2.31. The van der Waals surface area contributed by atoms with E-state index in [1.54, 1.807) is 6.92 Å². The van der Waals surface area contributed by atoms with E-state index < -0.39 is 6.09 Å². The van der Waals surface area contributed by atoms with E-state index in [2.05, 4.69) is 0 Å². The highest BCUT2D eigenvalue weighted by Gasteiger charge is 2.46. The molecular weight excluding hydrogens is 134 g/mol. The van der Waals surface area contributed by atoms with Crippen molar-refractivity contribution < 1.29 is 14.3 Å². The molecule has 2 unspecified atom stereocenters. The van der Waals surface area contributed by atoms with Crippen LogP contribution in [-0.4, -0.2) is 24.4 Å². The lowest BCUT2D eigenvalue weighted by molar-refractivity contribution is 0.0662. The van der Waals surface area contributed by atoms with Gasteiger partial charge < -0.3 is 15.2 Å². The van der Waals surface area contributed by atoms with Gasteiger partial charge in [-0.1, -0.05) is 0 Å². The Bertz CT molecular complexity index is 153. The zero-order valence-electron chi connectivity index (χ0n) is 6.09. The van der Waals surface area contributed by atoms with Gasteiger partial charge in [-0.05, 0) is 13.8 Å². The Hall–Kier alpha value is -0.770. The molecule has 10 heavy (non-hydrogen) atoms. The Labute approximate surface area is 59.3 Å². The van der Waals surface area contributed by atoms with Crippen molar-refractivity contribution >= 4 is 6.09 Å². The van der Waals surface area contributed by atoms with Crippen LogP contribution in [0, 0.1) is 0 Å². The second-order valence-electron chi connectivity index (χ2n) is 2.68. The highest BCUT2D eigenvalue weighted by molar-refractivity contribution is 5.64. The van der Waals surface area contributed by atoms with Gasteiger partial charge in [0.05, 0.1) is 6.61 Å². The fourth-order valence-corrected chi connectivity index (χ4v) is 0.647. The molecule has 2 N–H and O–H groups in total. The molecule has 0 radical (unpaired) electrons. The highest BCUT2D eigenvalue weighted by atomic mass is 16.6. The van der Waals surface area contributed by atoms with Crippen LogP contribution in [0.15, 0.2) is 0 Å². The second-order valence-corrected chi connectivity index (χ2v) is 2.68. The van der Waals surface area contributed by atoms with Crippen LogP contribution in [0.4, 0.5) is 4.79 Å². The number of carbonyl (C=O) groups is 1. The normalized spacial score (nSPS) is 33.0. The average Bonchev–Trinajstić information content (AvgIpc) is 2.47. The summed E-state index contributed by atoms with van der Waals surface area (Å²) in [5.41, 5.74) is 4.52. The molecule has 0 aliphatic carbocycles. The minimum atomic E-state index is -0.746. The van der Waals surface area contributed by atoms with E-state index in [1.165, 1.54) is 0 Å². The molecule has 4 nitrogen and oxygen atoms in total. The summed E-state index contributed by atoms with van der Waals surface area (Å²) in [4.78, 5) is 10.2. The van der Waals surface area contributed by atoms with Crippen LogP contribution in [0.1, 0.15) is 13.8 Å². The zero-order chi connectivity index (χ0) is 7.78. The number of carbonyl (C=O) groups excluding carboxylic acids is 1. The van der Waals surface area contributed by atoms with E-state index >= 15 is 0 Å². The third kappa shape index (κ3) is 1.39. The van der Waals surface area contributed by atoms with Crippen molar-refractivity contribution in [3.8, 4) is 0 Å². The molecule has 1 fully saturated rings. The van der Waals surface area contributed by atoms with E-state index in [0.717, 1.165) is 0 Å². The van der Waals surface area contributed by atoms with Crippen molar-refractivity contribution in [1.82, 2.24) is 0 Å². The van der Waals surface area contributed by atoms with Gasteiger partial charge in [0.1, 0.15) is 11.7 Å². The zero-order valence-corrected chi connectivity index (χ0v) is 6.09. The lowest BCUT2D eigenvalue weighted by Gasteiger charge is -2.14. The largest absolute Gasteiger partial charge is 0.444 e. The van der Waals surface area contributed by atoms with Gasteiger partial charge in [-0.3, -0.25) is 0 Å². The molecule has 2 atom stereocenters. The van der Waals surface area contributed by atoms with Gasteiger partial charge in [0.25, 0.3) is 0 Å². The molecule has 0 aromatic carbocycles. The van der Waals surface area contributed by atoms with Crippen LogP contribution < -0.4 is 5.73 Å². The molecule has 0 spiro atoms. The van der Waals surface area contributed by atoms with E-state index in [0.29, 0.717) is 6.61 Å². The fourth-order valence-electron chi connectivity index (χ4n) is 0.647. The summed E-state index contributed by atoms with van der Waals surface area (Å²) in [5, 5.41) is 0. The first-order chi connectivity index (χ1) is 4.54. The Morgan fingerprint density at radius 1 is 1.90 bits per heavy atom. The number of ether oxygens (including phenoxy) is 2. The number of rotatable bonds is 2. The third-order valence-corrected chi connectivity index (χ3v) is 1.75. The van der Waals surface area contributed by atoms with Crippen LogP contribution in [0.25, 0.3) is 0 Å². The van der Waals surface area contributed by atoms with Crippen LogP contribution in [-0.2, 0) is 9.47 Å². The smallest absolute Gasteiger partial charge is 0.404 e. The molecule has 1 rings (SSSR count). The molecule has 58 valence electrons.